The first-order chi connectivity index (χ1) is 13.7. The van der Waals surface area contributed by atoms with Gasteiger partial charge in [0.1, 0.15) is 0 Å². The summed E-state index contributed by atoms with van der Waals surface area (Å²) in [6, 6.07) is 17.6. The van der Waals surface area contributed by atoms with E-state index in [0.717, 1.165) is 36.3 Å². The van der Waals surface area contributed by atoms with E-state index < -0.39 is 0 Å². The first kappa shape index (κ1) is 20.1. The zero-order valence-corrected chi connectivity index (χ0v) is 16.4. The van der Waals surface area contributed by atoms with Crippen molar-refractivity contribution < 1.29 is 14.3 Å². The van der Waals surface area contributed by atoms with Crippen LogP contribution in [0.3, 0.4) is 0 Å². The average Bonchev–Trinajstić information content (AvgIpc) is 3.24. The second-order valence-electron chi connectivity index (χ2n) is 7.10. The molecule has 1 unspecified atom stereocenters. The smallest absolute Gasteiger partial charge is 0.227 e. The predicted molar refractivity (Wildman–Crippen MR) is 110 cm³/mol. The van der Waals surface area contributed by atoms with Gasteiger partial charge in [-0.25, -0.2) is 0 Å². The number of nitrogens with zero attached hydrogens (tertiary/aromatic N) is 1. The van der Waals surface area contributed by atoms with E-state index in [2.05, 4.69) is 5.32 Å². The molecule has 1 N–H and O–H groups in total. The Labute approximate surface area is 166 Å². The number of carbonyl (C=O) groups excluding carboxylic acids is 2. The quantitative estimate of drug-likeness (QED) is 0.763. The van der Waals surface area contributed by atoms with Crippen LogP contribution in [0.4, 0.5) is 5.69 Å². The fourth-order valence-electron chi connectivity index (χ4n) is 3.40. The van der Waals surface area contributed by atoms with Crippen LogP contribution >= 0.6 is 0 Å². The van der Waals surface area contributed by atoms with Gasteiger partial charge in [-0.15, -0.1) is 0 Å². The van der Waals surface area contributed by atoms with Crippen LogP contribution in [-0.2, 0) is 27.3 Å². The maximum Gasteiger partial charge on any atom is 0.227 e. The van der Waals surface area contributed by atoms with Gasteiger partial charge in [0.15, 0.2) is 0 Å². The Bertz CT molecular complexity index is 785. The molecule has 2 aromatic rings. The lowest BCUT2D eigenvalue weighted by molar-refractivity contribution is -0.121. The van der Waals surface area contributed by atoms with Crippen molar-refractivity contribution in [1.82, 2.24) is 5.32 Å². The molecule has 0 saturated carbocycles. The van der Waals surface area contributed by atoms with Gasteiger partial charge >= 0.3 is 0 Å². The van der Waals surface area contributed by atoms with Gasteiger partial charge in [0.05, 0.1) is 19.1 Å². The Morgan fingerprint density at radius 3 is 2.61 bits per heavy atom. The minimum absolute atomic E-state index is 0.0240. The van der Waals surface area contributed by atoms with Crippen molar-refractivity contribution in [1.29, 1.82) is 0 Å². The molecule has 3 rings (SSSR count). The van der Waals surface area contributed by atoms with E-state index >= 15 is 0 Å². The number of anilines is 1. The van der Waals surface area contributed by atoms with Gasteiger partial charge < -0.3 is 15.0 Å². The van der Waals surface area contributed by atoms with Gasteiger partial charge in [0, 0.05) is 25.3 Å². The number of hydrogen-bond acceptors (Lipinski definition) is 3. The van der Waals surface area contributed by atoms with Gasteiger partial charge in [-0.05, 0) is 36.1 Å². The highest BCUT2D eigenvalue weighted by Crippen LogP contribution is 2.20. The molecular formula is C23H28N2O3. The lowest BCUT2D eigenvalue weighted by Gasteiger charge is -2.23. The molecule has 5 heteroatoms. The largest absolute Gasteiger partial charge is 0.376 e. The van der Waals surface area contributed by atoms with Gasteiger partial charge in [0.25, 0.3) is 0 Å². The Morgan fingerprint density at radius 1 is 1.11 bits per heavy atom. The van der Waals surface area contributed by atoms with Gasteiger partial charge in [-0.2, -0.15) is 0 Å². The molecule has 0 aromatic heterocycles. The Kier molecular flexibility index (Phi) is 7.20. The van der Waals surface area contributed by atoms with E-state index in [1.54, 1.807) is 4.90 Å². The highest BCUT2D eigenvalue weighted by atomic mass is 16.5. The summed E-state index contributed by atoms with van der Waals surface area (Å²) in [4.78, 5) is 26.6. The lowest BCUT2D eigenvalue weighted by Crippen LogP contribution is -2.33. The summed E-state index contributed by atoms with van der Waals surface area (Å²) in [7, 11) is 0. The van der Waals surface area contributed by atoms with Crippen LogP contribution in [0.2, 0.25) is 0 Å². The van der Waals surface area contributed by atoms with Gasteiger partial charge in [0.2, 0.25) is 11.8 Å². The van der Waals surface area contributed by atoms with Crippen LogP contribution in [-0.4, -0.2) is 31.1 Å². The van der Waals surface area contributed by atoms with Crippen LogP contribution in [0, 0.1) is 0 Å². The summed E-state index contributed by atoms with van der Waals surface area (Å²) < 4.78 is 5.54. The maximum atomic E-state index is 12.5. The number of ether oxygens (including phenoxy) is 1. The number of rotatable bonds is 8. The molecule has 0 bridgehead atoms. The third kappa shape index (κ3) is 5.67. The summed E-state index contributed by atoms with van der Waals surface area (Å²) in [5, 5.41) is 2.95. The topological polar surface area (TPSA) is 58.6 Å². The van der Waals surface area contributed by atoms with Crippen molar-refractivity contribution in [2.24, 2.45) is 0 Å². The molecule has 28 heavy (non-hydrogen) atoms. The lowest BCUT2D eigenvalue weighted by atomic mass is 10.1. The van der Waals surface area contributed by atoms with E-state index in [1.807, 2.05) is 61.5 Å². The molecule has 0 radical (unpaired) electrons. The van der Waals surface area contributed by atoms with Crippen LogP contribution in [0.15, 0.2) is 54.6 Å². The molecule has 148 valence electrons. The Balaban J connectivity index is 1.66. The highest BCUT2D eigenvalue weighted by Gasteiger charge is 2.17. The summed E-state index contributed by atoms with van der Waals surface area (Å²) in [6.07, 6.45) is 2.92. The molecular weight excluding hydrogens is 352 g/mol. The third-order valence-electron chi connectivity index (χ3n) is 4.92. The fraction of sp³-hybridized carbons (Fsp3) is 0.391. The van der Waals surface area contributed by atoms with Crippen molar-refractivity contribution in [2.75, 3.05) is 18.1 Å². The van der Waals surface area contributed by atoms with Gasteiger partial charge in [-0.1, -0.05) is 49.4 Å². The molecule has 1 heterocycles. The van der Waals surface area contributed by atoms with E-state index in [1.165, 1.54) is 0 Å². The summed E-state index contributed by atoms with van der Waals surface area (Å²) in [5.41, 5.74) is 2.79. The first-order valence-corrected chi connectivity index (χ1v) is 9.97. The number of amides is 2. The van der Waals surface area contributed by atoms with Gasteiger partial charge in [-0.3, -0.25) is 9.59 Å². The van der Waals surface area contributed by atoms with Crippen LogP contribution in [0.25, 0.3) is 0 Å². The highest BCUT2D eigenvalue weighted by molar-refractivity contribution is 5.93. The Hall–Kier alpha value is -2.66. The van der Waals surface area contributed by atoms with Crippen molar-refractivity contribution in [2.45, 2.75) is 45.3 Å². The molecule has 2 aromatic carbocycles. The standard InChI is InChI=1S/C23H28N2O3/c1-2-23(27)25(17-18-8-4-3-5-9-18)20-11-6-10-19(14-20)15-22(26)24-16-21-12-7-13-28-21/h3-6,8-11,14,21H,2,7,12-13,15-17H2,1H3,(H,24,26). The van der Waals surface area contributed by atoms with E-state index in [4.69, 9.17) is 4.74 Å². The predicted octanol–water partition coefficient (Wildman–Crippen LogP) is 3.47. The minimum Gasteiger partial charge on any atom is -0.376 e. The summed E-state index contributed by atoms with van der Waals surface area (Å²) >= 11 is 0. The number of nitrogens with one attached hydrogen (secondary N) is 1. The van der Waals surface area contributed by atoms with E-state index in [0.29, 0.717) is 25.9 Å². The zero-order valence-electron chi connectivity index (χ0n) is 16.4. The van der Waals surface area contributed by atoms with Crippen molar-refractivity contribution in [3.8, 4) is 0 Å². The SMILES string of the molecule is CCC(=O)N(Cc1ccccc1)c1cccc(CC(=O)NCC2CCCO2)c1. The first-order valence-electron chi connectivity index (χ1n) is 9.97. The molecule has 5 nitrogen and oxygen atoms in total. The number of benzene rings is 2. The second-order valence-corrected chi connectivity index (χ2v) is 7.10. The zero-order chi connectivity index (χ0) is 19.8. The second kappa shape index (κ2) is 10.0. The van der Waals surface area contributed by atoms with Crippen LogP contribution < -0.4 is 10.2 Å². The molecule has 2 amide bonds. The number of hydrogen-bond donors (Lipinski definition) is 1. The van der Waals surface area contributed by atoms with Crippen molar-refractivity contribution in [3.05, 3.63) is 65.7 Å². The molecule has 1 aliphatic heterocycles. The monoisotopic (exact) mass is 380 g/mol. The van der Waals surface area contributed by atoms with E-state index in [-0.39, 0.29) is 17.9 Å². The van der Waals surface area contributed by atoms with Crippen LogP contribution in [0.1, 0.15) is 37.3 Å². The molecule has 1 saturated heterocycles. The maximum absolute atomic E-state index is 12.5. The molecule has 0 spiro atoms. The summed E-state index contributed by atoms with van der Waals surface area (Å²) in [6.45, 7) is 3.73. The van der Waals surface area contributed by atoms with Crippen molar-refractivity contribution in [3.63, 3.8) is 0 Å². The molecule has 1 atom stereocenters. The summed E-state index contributed by atoms with van der Waals surface area (Å²) in [5.74, 6) is 0.0351. The molecule has 0 aliphatic carbocycles. The minimum atomic E-state index is -0.0240. The Morgan fingerprint density at radius 2 is 1.89 bits per heavy atom. The third-order valence-corrected chi connectivity index (χ3v) is 4.92. The fourth-order valence-corrected chi connectivity index (χ4v) is 3.40. The molecule has 1 fully saturated rings. The van der Waals surface area contributed by atoms with E-state index in [9.17, 15) is 9.59 Å². The normalized spacial score (nSPS) is 16.0. The number of carbonyl (C=O) groups is 2. The van der Waals surface area contributed by atoms with Crippen LogP contribution in [0.5, 0.6) is 0 Å². The molecule has 1 aliphatic rings. The van der Waals surface area contributed by atoms with Crippen molar-refractivity contribution >= 4 is 17.5 Å². The average molecular weight is 380 g/mol.